The van der Waals surface area contributed by atoms with Crippen LogP contribution in [0.1, 0.15) is 6.92 Å². The van der Waals surface area contributed by atoms with E-state index in [0.717, 1.165) is 10.2 Å². The van der Waals surface area contributed by atoms with Gasteiger partial charge in [-0.2, -0.15) is 0 Å². The van der Waals surface area contributed by atoms with E-state index in [1.807, 2.05) is 6.07 Å². The third kappa shape index (κ3) is 3.72. The van der Waals surface area contributed by atoms with Gasteiger partial charge in [0.1, 0.15) is 0 Å². The van der Waals surface area contributed by atoms with Crippen LogP contribution >= 0.6 is 27.5 Å². The van der Waals surface area contributed by atoms with Crippen LogP contribution in [0.15, 0.2) is 22.7 Å². The van der Waals surface area contributed by atoms with E-state index in [1.54, 1.807) is 19.1 Å². The first-order valence-electron chi connectivity index (χ1n) is 4.42. The highest BCUT2D eigenvalue weighted by Gasteiger charge is 2.10. The summed E-state index contributed by atoms with van der Waals surface area (Å²) in [6.07, 6.45) is 0. The second kappa shape index (κ2) is 5.37. The van der Waals surface area contributed by atoms with Crippen LogP contribution in [0.3, 0.4) is 0 Å². The fourth-order valence-electron chi connectivity index (χ4n) is 0.983. The van der Waals surface area contributed by atoms with Crippen molar-refractivity contribution in [3.8, 4) is 0 Å². The highest BCUT2D eigenvalue weighted by molar-refractivity contribution is 9.10. The van der Waals surface area contributed by atoms with Gasteiger partial charge in [-0.25, -0.2) is 0 Å². The topological polar surface area (TPSA) is 49.3 Å². The summed E-state index contributed by atoms with van der Waals surface area (Å²) in [5.74, 6) is -1.25. The minimum Gasteiger partial charge on any atom is -0.481 e. The number of carbonyl (C=O) groups is 1. The lowest BCUT2D eigenvalue weighted by molar-refractivity contribution is -0.140. The van der Waals surface area contributed by atoms with Crippen molar-refractivity contribution in [2.75, 3.05) is 11.9 Å². The summed E-state index contributed by atoms with van der Waals surface area (Å²) in [4.78, 5) is 10.6. The average molecular weight is 293 g/mol. The van der Waals surface area contributed by atoms with Gasteiger partial charge in [-0.3, -0.25) is 4.79 Å². The van der Waals surface area contributed by atoms with E-state index in [2.05, 4.69) is 21.2 Å². The molecular formula is C10H11BrClNO2. The molecule has 0 radical (unpaired) electrons. The van der Waals surface area contributed by atoms with Gasteiger partial charge in [-0.1, -0.05) is 18.5 Å². The van der Waals surface area contributed by atoms with E-state index in [4.69, 9.17) is 16.7 Å². The number of benzene rings is 1. The van der Waals surface area contributed by atoms with Crippen LogP contribution in [0.5, 0.6) is 0 Å². The first-order valence-corrected chi connectivity index (χ1v) is 5.59. The fourth-order valence-corrected chi connectivity index (χ4v) is 1.54. The van der Waals surface area contributed by atoms with Gasteiger partial charge in [-0.15, -0.1) is 0 Å². The van der Waals surface area contributed by atoms with Crippen LogP contribution in [-0.2, 0) is 4.79 Å². The Morgan fingerprint density at radius 2 is 2.33 bits per heavy atom. The van der Waals surface area contributed by atoms with Crippen molar-refractivity contribution in [2.45, 2.75) is 6.92 Å². The summed E-state index contributed by atoms with van der Waals surface area (Å²) in [6, 6.07) is 5.33. The van der Waals surface area contributed by atoms with Gasteiger partial charge < -0.3 is 10.4 Å². The molecule has 0 aliphatic heterocycles. The number of carboxylic acids is 1. The zero-order valence-corrected chi connectivity index (χ0v) is 10.5. The molecule has 1 unspecified atom stereocenters. The van der Waals surface area contributed by atoms with Crippen LogP contribution < -0.4 is 5.32 Å². The van der Waals surface area contributed by atoms with E-state index in [1.165, 1.54) is 0 Å². The molecule has 1 rings (SSSR count). The van der Waals surface area contributed by atoms with Crippen LogP contribution in [-0.4, -0.2) is 17.6 Å². The van der Waals surface area contributed by atoms with E-state index >= 15 is 0 Å². The standard InChI is InChI=1S/C10H11BrClNO2/c1-6(10(14)15)5-13-9-4-7(12)2-3-8(9)11/h2-4,6,13H,5H2,1H3,(H,14,15). The Hall–Kier alpha value is -0.740. The van der Waals surface area contributed by atoms with Gasteiger partial charge >= 0.3 is 5.97 Å². The van der Waals surface area contributed by atoms with E-state index in [0.29, 0.717) is 11.6 Å². The van der Waals surface area contributed by atoms with Crippen molar-refractivity contribution in [1.29, 1.82) is 0 Å². The quantitative estimate of drug-likeness (QED) is 0.896. The normalized spacial score (nSPS) is 12.2. The van der Waals surface area contributed by atoms with Crippen molar-refractivity contribution < 1.29 is 9.90 Å². The van der Waals surface area contributed by atoms with Gasteiger partial charge in [0.2, 0.25) is 0 Å². The van der Waals surface area contributed by atoms with Crippen molar-refractivity contribution >= 4 is 39.2 Å². The number of aliphatic carboxylic acids is 1. The zero-order chi connectivity index (χ0) is 11.4. The molecule has 0 fully saturated rings. The van der Waals surface area contributed by atoms with Crippen molar-refractivity contribution in [1.82, 2.24) is 0 Å². The first kappa shape index (κ1) is 12.3. The molecule has 0 aliphatic carbocycles. The van der Waals surface area contributed by atoms with Crippen molar-refractivity contribution in [3.05, 3.63) is 27.7 Å². The molecule has 82 valence electrons. The van der Waals surface area contributed by atoms with Crippen molar-refractivity contribution in [3.63, 3.8) is 0 Å². The van der Waals surface area contributed by atoms with E-state index in [-0.39, 0.29) is 0 Å². The van der Waals surface area contributed by atoms with Gasteiger partial charge in [0.15, 0.2) is 0 Å². The second-order valence-electron chi connectivity index (χ2n) is 3.24. The average Bonchev–Trinajstić information content (AvgIpc) is 2.18. The molecule has 0 spiro atoms. The maximum atomic E-state index is 10.6. The molecule has 0 heterocycles. The number of anilines is 1. The summed E-state index contributed by atoms with van der Waals surface area (Å²) in [7, 11) is 0. The van der Waals surface area contributed by atoms with Crippen molar-refractivity contribution in [2.24, 2.45) is 5.92 Å². The number of rotatable bonds is 4. The van der Waals surface area contributed by atoms with E-state index < -0.39 is 11.9 Å². The zero-order valence-electron chi connectivity index (χ0n) is 8.13. The number of halogens is 2. The predicted octanol–water partition coefficient (Wildman–Crippen LogP) is 3.24. The first-order chi connectivity index (χ1) is 7.00. The summed E-state index contributed by atoms with van der Waals surface area (Å²) < 4.78 is 0.865. The largest absolute Gasteiger partial charge is 0.481 e. The number of nitrogens with one attached hydrogen (secondary N) is 1. The lowest BCUT2D eigenvalue weighted by Crippen LogP contribution is -2.19. The summed E-state index contributed by atoms with van der Waals surface area (Å²) in [5.41, 5.74) is 0.801. The number of hydrogen-bond acceptors (Lipinski definition) is 2. The molecule has 2 N–H and O–H groups in total. The Balaban J connectivity index is 2.65. The Morgan fingerprint density at radius 1 is 1.67 bits per heavy atom. The minimum atomic E-state index is -0.819. The Kier molecular flexibility index (Phi) is 4.42. The molecule has 1 atom stereocenters. The SMILES string of the molecule is CC(CNc1cc(Cl)ccc1Br)C(=O)O. The number of carboxylic acid groups (broad SMARTS) is 1. The van der Waals surface area contributed by atoms with E-state index in [9.17, 15) is 4.79 Å². The molecule has 1 aromatic carbocycles. The van der Waals surface area contributed by atoms with Gasteiger partial charge in [0.05, 0.1) is 5.92 Å². The van der Waals surface area contributed by atoms with Crippen LogP contribution in [0.2, 0.25) is 5.02 Å². The Morgan fingerprint density at radius 3 is 2.93 bits per heavy atom. The summed E-state index contributed by atoms with van der Waals surface area (Å²) >= 11 is 9.17. The molecule has 15 heavy (non-hydrogen) atoms. The Bertz CT molecular complexity index is 370. The molecule has 3 nitrogen and oxygen atoms in total. The highest BCUT2D eigenvalue weighted by atomic mass is 79.9. The molecule has 1 aromatic rings. The highest BCUT2D eigenvalue weighted by Crippen LogP contribution is 2.25. The second-order valence-corrected chi connectivity index (χ2v) is 4.54. The molecular weight excluding hydrogens is 281 g/mol. The smallest absolute Gasteiger partial charge is 0.308 e. The van der Waals surface area contributed by atoms with Gasteiger partial charge in [0, 0.05) is 21.7 Å². The monoisotopic (exact) mass is 291 g/mol. The van der Waals surface area contributed by atoms with Gasteiger partial charge in [-0.05, 0) is 34.1 Å². The van der Waals surface area contributed by atoms with Crippen LogP contribution in [0, 0.1) is 5.92 Å². The third-order valence-electron chi connectivity index (χ3n) is 1.95. The Labute approximate surface area is 102 Å². The maximum absolute atomic E-state index is 10.6. The third-order valence-corrected chi connectivity index (χ3v) is 2.88. The fraction of sp³-hybridized carbons (Fsp3) is 0.300. The lowest BCUT2D eigenvalue weighted by Gasteiger charge is -2.11. The maximum Gasteiger partial charge on any atom is 0.308 e. The molecule has 0 amide bonds. The predicted molar refractivity (Wildman–Crippen MR) is 64.4 cm³/mol. The minimum absolute atomic E-state index is 0.369. The molecule has 0 saturated carbocycles. The molecule has 0 bridgehead atoms. The molecule has 0 saturated heterocycles. The van der Waals surface area contributed by atoms with Gasteiger partial charge in [0.25, 0.3) is 0 Å². The summed E-state index contributed by atoms with van der Waals surface area (Å²) in [5, 5.41) is 12.3. The molecule has 0 aliphatic rings. The van der Waals surface area contributed by atoms with Crippen LogP contribution in [0.4, 0.5) is 5.69 Å². The molecule has 0 aromatic heterocycles. The number of hydrogen-bond donors (Lipinski definition) is 2. The molecule has 5 heteroatoms. The summed E-state index contributed by atoms with van der Waals surface area (Å²) in [6.45, 7) is 2.02. The lowest BCUT2D eigenvalue weighted by atomic mass is 10.2. The van der Waals surface area contributed by atoms with Crippen LogP contribution in [0.25, 0.3) is 0 Å².